The van der Waals surface area contributed by atoms with E-state index in [1.54, 1.807) is 0 Å². The van der Waals surface area contributed by atoms with E-state index in [-0.39, 0.29) is 0 Å². The van der Waals surface area contributed by atoms with Crippen molar-refractivity contribution in [1.29, 1.82) is 0 Å². The van der Waals surface area contributed by atoms with E-state index in [9.17, 15) is 0 Å². The van der Waals surface area contributed by atoms with Gasteiger partial charge in [0.1, 0.15) is 0 Å². The maximum Gasteiger partial charge on any atom is 0.00670 e. The van der Waals surface area contributed by atoms with Crippen LogP contribution in [0.1, 0.15) is 65.2 Å². The molecule has 3 N–H and O–H groups in total. The maximum atomic E-state index is 5.92. The van der Waals surface area contributed by atoms with Crippen molar-refractivity contribution in [3.63, 3.8) is 0 Å². The molecule has 0 aromatic carbocycles. The van der Waals surface area contributed by atoms with Gasteiger partial charge in [0.15, 0.2) is 0 Å². The van der Waals surface area contributed by atoms with E-state index in [4.69, 9.17) is 5.73 Å². The number of nitrogens with two attached hydrogens (primary N) is 1. The van der Waals surface area contributed by atoms with Crippen LogP contribution in [0.3, 0.4) is 0 Å². The maximum absolute atomic E-state index is 5.92. The van der Waals surface area contributed by atoms with Crippen molar-refractivity contribution < 1.29 is 0 Å². The summed E-state index contributed by atoms with van der Waals surface area (Å²) in [5.74, 6) is 0.997. The Balaban J connectivity index is 2.10. The second kappa shape index (κ2) is 8.08. The average Bonchev–Trinajstić information content (AvgIpc) is 2.80. The molecule has 1 aliphatic rings. The Morgan fingerprint density at radius 1 is 1.19 bits per heavy atom. The summed E-state index contributed by atoms with van der Waals surface area (Å²) in [6.45, 7) is 5.56. The summed E-state index contributed by atoms with van der Waals surface area (Å²) in [5.41, 5.74) is 5.92. The fourth-order valence-electron chi connectivity index (χ4n) is 2.72. The van der Waals surface area contributed by atoms with Crippen molar-refractivity contribution >= 4 is 0 Å². The SMILES string of the molecule is CCC(N)CCNC(CC)CC1CCCC1. The normalized spacial score (nSPS) is 21.2. The predicted molar refractivity (Wildman–Crippen MR) is 71.5 cm³/mol. The molecule has 0 amide bonds. The van der Waals surface area contributed by atoms with E-state index in [1.807, 2.05) is 0 Å². The molecule has 0 spiro atoms. The third-order valence-corrected chi connectivity index (χ3v) is 4.06. The monoisotopic (exact) mass is 226 g/mol. The molecular formula is C14H30N2. The summed E-state index contributed by atoms with van der Waals surface area (Å²) in [5, 5.41) is 3.68. The smallest absolute Gasteiger partial charge is 0.00670 e. The van der Waals surface area contributed by atoms with Gasteiger partial charge in [-0.3, -0.25) is 0 Å². The third kappa shape index (κ3) is 5.31. The molecule has 2 heteroatoms. The van der Waals surface area contributed by atoms with Crippen molar-refractivity contribution in [2.24, 2.45) is 11.7 Å². The summed E-state index contributed by atoms with van der Waals surface area (Å²) in [6.07, 6.45) is 10.7. The van der Waals surface area contributed by atoms with E-state index in [2.05, 4.69) is 19.2 Å². The van der Waals surface area contributed by atoms with Crippen LogP contribution in [0.15, 0.2) is 0 Å². The van der Waals surface area contributed by atoms with E-state index in [1.165, 1.54) is 38.5 Å². The minimum Gasteiger partial charge on any atom is -0.328 e. The lowest BCUT2D eigenvalue weighted by Crippen LogP contribution is -2.34. The van der Waals surface area contributed by atoms with Gasteiger partial charge in [0.05, 0.1) is 0 Å². The number of hydrogen-bond donors (Lipinski definition) is 2. The molecule has 0 aliphatic heterocycles. The molecule has 2 unspecified atom stereocenters. The largest absolute Gasteiger partial charge is 0.328 e. The van der Waals surface area contributed by atoms with E-state index in [0.29, 0.717) is 6.04 Å². The molecule has 1 rings (SSSR count). The van der Waals surface area contributed by atoms with Gasteiger partial charge in [0, 0.05) is 12.1 Å². The van der Waals surface area contributed by atoms with Crippen LogP contribution in [0, 0.1) is 5.92 Å². The minimum absolute atomic E-state index is 0.386. The first-order valence-electron chi connectivity index (χ1n) is 7.25. The molecule has 2 atom stereocenters. The molecule has 1 aliphatic carbocycles. The molecule has 0 heterocycles. The van der Waals surface area contributed by atoms with Gasteiger partial charge in [0.2, 0.25) is 0 Å². The van der Waals surface area contributed by atoms with Crippen LogP contribution in [-0.4, -0.2) is 18.6 Å². The zero-order chi connectivity index (χ0) is 11.8. The Hall–Kier alpha value is -0.0800. The molecule has 0 radical (unpaired) electrons. The third-order valence-electron chi connectivity index (χ3n) is 4.06. The van der Waals surface area contributed by atoms with Gasteiger partial charge in [-0.1, -0.05) is 39.5 Å². The second-order valence-corrected chi connectivity index (χ2v) is 5.40. The highest BCUT2D eigenvalue weighted by atomic mass is 14.9. The summed E-state index contributed by atoms with van der Waals surface area (Å²) >= 11 is 0. The predicted octanol–water partition coefficient (Wildman–Crippen LogP) is 3.06. The van der Waals surface area contributed by atoms with Gasteiger partial charge in [-0.2, -0.15) is 0 Å². The molecule has 0 aromatic rings. The molecule has 96 valence electrons. The van der Waals surface area contributed by atoms with E-state index < -0.39 is 0 Å². The molecule has 1 saturated carbocycles. The van der Waals surface area contributed by atoms with Crippen LogP contribution < -0.4 is 11.1 Å². The molecule has 0 saturated heterocycles. The van der Waals surface area contributed by atoms with Crippen LogP contribution in [-0.2, 0) is 0 Å². The molecule has 16 heavy (non-hydrogen) atoms. The Morgan fingerprint density at radius 3 is 2.44 bits per heavy atom. The van der Waals surface area contributed by atoms with Gasteiger partial charge < -0.3 is 11.1 Å². The molecule has 2 nitrogen and oxygen atoms in total. The lowest BCUT2D eigenvalue weighted by molar-refractivity contribution is 0.372. The molecule has 0 aromatic heterocycles. The van der Waals surface area contributed by atoms with Crippen LogP contribution in [0.5, 0.6) is 0 Å². The lowest BCUT2D eigenvalue weighted by atomic mass is 9.97. The molecule has 1 fully saturated rings. The zero-order valence-corrected chi connectivity index (χ0v) is 11.2. The first kappa shape index (κ1) is 14.0. The number of rotatable bonds is 8. The Morgan fingerprint density at radius 2 is 1.88 bits per heavy atom. The standard InChI is InChI=1S/C14H30N2/c1-3-13(15)9-10-16-14(4-2)11-12-7-5-6-8-12/h12-14,16H,3-11,15H2,1-2H3. The Bertz CT molecular complexity index is 164. The van der Waals surface area contributed by atoms with Gasteiger partial charge in [-0.05, 0) is 38.1 Å². The summed E-state index contributed by atoms with van der Waals surface area (Å²) in [7, 11) is 0. The van der Waals surface area contributed by atoms with Crippen LogP contribution in [0.4, 0.5) is 0 Å². The minimum atomic E-state index is 0.386. The van der Waals surface area contributed by atoms with E-state index in [0.717, 1.165) is 31.3 Å². The van der Waals surface area contributed by atoms with Crippen molar-refractivity contribution in [3.8, 4) is 0 Å². The topological polar surface area (TPSA) is 38.0 Å². The molecule has 0 bridgehead atoms. The number of nitrogens with one attached hydrogen (secondary N) is 1. The fourth-order valence-corrected chi connectivity index (χ4v) is 2.72. The van der Waals surface area contributed by atoms with Gasteiger partial charge in [-0.25, -0.2) is 0 Å². The summed E-state index contributed by atoms with van der Waals surface area (Å²) in [6, 6.07) is 1.11. The molecular weight excluding hydrogens is 196 g/mol. The first-order chi connectivity index (χ1) is 7.76. The van der Waals surface area contributed by atoms with Crippen LogP contribution >= 0.6 is 0 Å². The Labute approximate surface area is 101 Å². The van der Waals surface area contributed by atoms with Crippen molar-refractivity contribution in [3.05, 3.63) is 0 Å². The highest BCUT2D eigenvalue weighted by Crippen LogP contribution is 2.29. The lowest BCUT2D eigenvalue weighted by Gasteiger charge is -2.21. The quantitative estimate of drug-likeness (QED) is 0.667. The first-order valence-corrected chi connectivity index (χ1v) is 7.25. The second-order valence-electron chi connectivity index (χ2n) is 5.40. The van der Waals surface area contributed by atoms with Crippen LogP contribution in [0.2, 0.25) is 0 Å². The zero-order valence-electron chi connectivity index (χ0n) is 11.2. The number of hydrogen-bond acceptors (Lipinski definition) is 2. The van der Waals surface area contributed by atoms with E-state index >= 15 is 0 Å². The highest BCUT2D eigenvalue weighted by Gasteiger charge is 2.18. The fraction of sp³-hybridized carbons (Fsp3) is 1.00. The van der Waals surface area contributed by atoms with Gasteiger partial charge in [0.25, 0.3) is 0 Å². The van der Waals surface area contributed by atoms with Crippen molar-refractivity contribution in [1.82, 2.24) is 5.32 Å². The van der Waals surface area contributed by atoms with Gasteiger partial charge in [-0.15, -0.1) is 0 Å². The van der Waals surface area contributed by atoms with Crippen molar-refractivity contribution in [2.45, 2.75) is 77.3 Å². The van der Waals surface area contributed by atoms with Crippen LogP contribution in [0.25, 0.3) is 0 Å². The van der Waals surface area contributed by atoms with Gasteiger partial charge >= 0.3 is 0 Å². The van der Waals surface area contributed by atoms with Crippen molar-refractivity contribution in [2.75, 3.05) is 6.54 Å². The Kier molecular flexibility index (Phi) is 7.06. The summed E-state index contributed by atoms with van der Waals surface area (Å²) < 4.78 is 0. The highest BCUT2D eigenvalue weighted by molar-refractivity contribution is 4.75. The average molecular weight is 226 g/mol. The summed E-state index contributed by atoms with van der Waals surface area (Å²) in [4.78, 5) is 0.